The van der Waals surface area contributed by atoms with Crippen LogP contribution >= 0.6 is 0 Å². The minimum Gasteiger partial charge on any atom is -0.380 e. The van der Waals surface area contributed by atoms with Gasteiger partial charge in [0.25, 0.3) is 0 Å². The van der Waals surface area contributed by atoms with Crippen LogP contribution in [0.15, 0.2) is 18.6 Å². The fourth-order valence-corrected chi connectivity index (χ4v) is 2.60. The number of anilines is 1. The summed E-state index contributed by atoms with van der Waals surface area (Å²) in [6.07, 6.45) is 3.53. The van der Waals surface area contributed by atoms with Crippen molar-refractivity contribution in [1.29, 1.82) is 0 Å². The lowest BCUT2D eigenvalue weighted by molar-refractivity contribution is -0.127. The van der Waals surface area contributed by atoms with Gasteiger partial charge in [0, 0.05) is 19.3 Å². The number of hydrogen-bond donors (Lipinski definition) is 1. The van der Waals surface area contributed by atoms with E-state index in [-0.39, 0.29) is 0 Å². The molecule has 5 heteroatoms. The van der Waals surface area contributed by atoms with E-state index in [9.17, 15) is 0 Å². The van der Waals surface area contributed by atoms with Crippen LogP contribution in [0.1, 0.15) is 0 Å². The molecule has 82 valence electrons. The van der Waals surface area contributed by atoms with Crippen LogP contribution in [0.5, 0.6) is 0 Å². The molecule has 2 fully saturated rings. The highest BCUT2D eigenvalue weighted by molar-refractivity contribution is 5.87. The maximum absolute atomic E-state index is 5.27. The Morgan fingerprint density at radius 2 is 2.19 bits per heavy atom. The molecule has 5 nitrogen and oxygen atoms in total. The molecule has 0 bridgehead atoms. The van der Waals surface area contributed by atoms with Gasteiger partial charge in [-0.1, -0.05) is 0 Å². The lowest BCUT2D eigenvalue weighted by Gasteiger charge is -2.55. The smallest absolute Gasteiger partial charge is 0.142 e. The molecule has 0 atom stereocenters. The predicted molar refractivity (Wildman–Crippen MR) is 59.4 cm³/mol. The average molecular weight is 216 g/mol. The van der Waals surface area contributed by atoms with Crippen molar-refractivity contribution in [3.05, 3.63) is 18.6 Å². The molecule has 2 aromatic heterocycles. The molecule has 4 rings (SSSR count). The van der Waals surface area contributed by atoms with Gasteiger partial charge in [-0.05, 0) is 6.07 Å². The molecule has 0 saturated carbocycles. The highest BCUT2D eigenvalue weighted by Crippen LogP contribution is 2.40. The molecule has 1 spiro atoms. The standard InChI is InChI=1S/C11H12N4O/c1-2-12-9-8(1)10(14-7-13-9)15-3-11(4-15)5-16-6-11/h1-2,7H,3-6H2,(H,12,13,14). The Hall–Kier alpha value is -1.62. The Morgan fingerprint density at radius 3 is 2.94 bits per heavy atom. The highest BCUT2D eigenvalue weighted by Gasteiger charge is 2.49. The molecule has 0 aromatic carbocycles. The van der Waals surface area contributed by atoms with Gasteiger partial charge in [-0.2, -0.15) is 0 Å². The molecule has 4 heterocycles. The number of fused-ring (bicyclic) bond motifs is 1. The van der Waals surface area contributed by atoms with Crippen molar-refractivity contribution in [3.8, 4) is 0 Å². The van der Waals surface area contributed by atoms with Crippen molar-refractivity contribution in [3.63, 3.8) is 0 Å². The first kappa shape index (κ1) is 8.52. The minimum atomic E-state index is 0.424. The molecular weight excluding hydrogens is 204 g/mol. The van der Waals surface area contributed by atoms with Crippen molar-refractivity contribution in [2.24, 2.45) is 5.41 Å². The number of ether oxygens (including phenoxy) is 1. The summed E-state index contributed by atoms with van der Waals surface area (Å²) in [6.45, 7) is 3.93. The SMILES string of the molecule is c1nc(N2CC3(COC3)C2)c2cc[nH]c2n1. The number of hydrogen-bond acceptors (Lipinski definition) is 4. The third-order valence-corrected chi connectivity index (χ3v) is 3.50. The molecule has 0 radical (unpaired) electrons. The predicted octanol–water partition coefficient (Wildman–Crippen LogP) is 0.794. The first-order valence-electron chi connectivity index (χ1n) is 5.47. The summed E-state index contributed by atoms with van der Waals surface area (Å²) in [6, 6.07) is 2.03. The lowest BCUT2D eigenvalue weighted by Crippen LogP contribution is -2.66. The number of H-pyrrole nitrogens is 1. The summed E-state index contributed by atoms with van der Waals surface area (Å²) >= 11 is 0. The lowest BCUT2D eigenvalue weighted by atomic mass is 9.78. The Labute approximate surface area is 92.4 Å². The maximum Gasteiger partial charge on any atom is 0.142 e. The molecule has 0 aliphatic carbocycles. The summed E-state index contributed by atoms with van der Waals surface area (Å²) in [5.41, 5.74) is 1.34. The van der Waals surface area contributed by atoms with Crippen LogP contribution in [0.2, 0.25) is 0 Å². The van der Waals surface area contributed by atoms with Crippen LogP contribution in [-0.2, 0) is 4.74 Å². The van der Waals surface area contributed by atoms with Crippen LogP contribution in [0, 0.1) is 5.41 Å². The summed E-state index contributed by atoms with van der Waals surface area (Å²) in [5.74, 6) is 1.05. The van der Waals surface area contributed by atoms with Crippen molar-refractivity contribution in [1.82, 2.24) is 15.0 Å². The molecule has 0 amide bonds. The topological polar surface area (TPSA) is 54.0 Å². The molecule has 0 unspecified atom stereocenters. The normalized spacial score (nSPS) is 22.1. The fraction of sp³-hybridized carbons (Fsp3) is 0.455. The van der Waals surface area contributed by atoms with Gasteiger partial charge < -0.3 is 14.6 Å². The van der Waals surface area contributed by atoms with Gasteiger partial charge in [0.1, 0.15) is 17.8 Å². The first-order valence-corrected chi connectivity index (χ1v) is 5.47. The number of nitrogens with zero attached hydrogens (tertiary/aromatic N) is 3. The maximum atomic E-state index is 5.27. The van der Waals surface area contributed by atoms with E-state index in [0.717, 1.165) is 43.2 Å². The van der Waals surface area contributed by atoms with Crippen LogP contribution in [0.25, 0.3) is 11.0 Å². The van der Waals surface area contributed by atoms with Gasteiger partial charge in [-0.15, -0.1) is 0 Å². The first-order chi connectivity index (χ1) is 7.86. The Morgan fingerprint density at radius 1 is 1.31 bits per heavy atom. The fourth-order valence-electron chi connectivity index (χ4n) is 2.60. The summed E-state index contributed by atoms with van der Waals surface area (Å²) in [7, 11) is 0. The molecule has 16 heavy (non-hydrogen) atoms. The Balaban J connectivity index is 1.70. The molecule has 2 aliphatic rings. The Bertz CT molecular complexity index is 538. The van der Waals surface area contributed by atoms with E-state index in [0.29, 0.717) is 5.41 Å². The third kappa shape index (κ3) is 0.983. The van der Waals surface area contributed by atoms with E-state index in [1.807, 2.05) is 12.3 Å². The summed E-state index contributed by atoms with van der Waals surface area (Å²) in [4.78, 5) is 14.0. The van der Waals surface area contributed by atoms with Crippen LogP contribution in [0.4, 0.5) is 5.82 Å². The summed E-state index contributed by atoms with van der Waals surface area (Å²) in [5, 5.41) is 1.11. The van der Waals surface area contributed by atoms with E-state index in [1.165, 1.54) is 0 Å². The molecule has 2 aromatic rings. The van der Waals surface area contributed by atoms with E-state index in [1.54, 1.807) is 6.33 Å². The van der Waals surface area contributed by atoms with E-state index < -0.39 is 0 Å². The van der Waals surface area contributed by atoms with Gasteiger partial charge in [-0.25, -0.2) is 9.97 Å². The van der Waals surface area contributed by atoms with Crippen LogP contribution < -0.4 is 4.90 Å². The molecular formula is C11H12N4O. The molecule has 2 saturated heterocycles. The van der Waals surface area contributed by atoms with Crippen molar-refractivity contribution < 1.29 is 4.74 Å². The van der Waals surface area contributed by atoms with E-state index >= 15 is 0 Å². The van der Waals surface area contributed by atoms with Crippen molar-refractivity contribution in [2.45, 2.75) is 0 Å². The highest BCUT2D eigenvalue weighted by atomic mass is 16.5. The third-order valence-electron chi connectivity index (χ3n) is 3.50. The number of rotatable bonds is 1. The van der Waals surface area contributed by atoms with Gasteiger partial charge in [0.15, 0.2) is 0 Å². The van der Waals surface area contributed by atoms with Gasteiger partial charge in [-0.3, -0.25) is 0 Å². The Kier molecular flexibility index (Phi) is 1.46. The van der Waals surface area contributed by atoms with E-state index in [4.69, 9.17) is 4.74 Å². The van der Waals surface area contributed by atoms with Gasteiger partial charge in [0.2, 0.25) is 0 Å². The van der Waals surface area contributed by atoms with Crippen LogP contribution in [0.3, 0.4) is 0 Å². The number of nitrogens with one attached hydrogen (secondary N) is 1. The average Bonchev–Trinajstić information content (AvgIpc) is 2.61. The second kappa shape index (κ2) is 2.74. The zero-order valence-electron chi connectivity index (χ0n) is 8.81. The molecule has 2 aliphatic heterocycles. The van der Waals surface area contributed by atoms with Crippen molar-refractivity contribution in [2.75, 3.05) is 31.2 Å². The second-order valence-corrected chi connectivity index (χ2v) is 4.79. The second-order valence-electron chi connectivity index (χ2n) is 4.79. The zero-order chi connectivity index (χ0) is 10.6. The summed E-state index contributed by atoms with van der Waals surface area (Å²) < 4.78 is 5.27. The zero-order valence-corrected chi connectivity index (χ0v) is 8.81. The largest absolute Gasteiger partial charge is 0.380 e. The van der Waals surface area contributed by atoms with Gasteiger partial charge in [0.05, 0.1) is 24.0 Å². The van der Waals surface area contributed by atoms with Crippen LogP contribution in [-0.4, -0.2) is 41.3 Å². The molecule has 1 N–H and O–H groups in total. The van der Waals surface area contributed by atoms with Crippen molar-refractivity contribution >= 4 is 16.9 Å². The quantitative estimate of drug-likeness (QED) is 0.766. The van der Waals surface area contributed by atoms with E-state index in [2.05, 4.69) is 19.9 Å². The minimum absolute atomic E-state index is 0.424. The van der Waals surface area contributed by atoms with Gasteiger partial charge >= 0.3 is 0 Å². The monoisotopic (exact) mass is 216 g/mol. The number of aromatic amines is 1. The number of aromatic nitrogens is 3.